The van der Waals surface area contributed by atoms with Gasteiger partial charge >= 0.3 is 0 Å². The van der Waals surface area contributed by atoms with Crippen molar-refractivity contribution in [3.63, 3.8) is 0 Å². The molecule has 1 rings (SSSR count). The molecule has 3 nitrogen and oxygen atoms in total. The summed E-state index contributed by atoms with van der Waals surface area (Å²) < 4.78 is 0. The molecule has 0 fully saturated rings. The van der Waals surface area contributed by atoms with Crippen molar-refractivity contribution in [3.05, 3.63) is 35.4 Å². The maximum absolute atomic E-state index is 9.25. The topological polar surface area (TPSA) is 47.3 Å². The Morgan fingerprint density at radius 2 is 2.12 bits per heavy atom. The van der Waals surface area contributed by atoms with E-state index in [2.05, 4.69) is 11.0 Å². The van der Waals surface area contributed by atoms with Gasteiger partial charge in [-0.25, -0.2) is 0 Å². The van der Waals surface area contributed by atoms with Gasteiger partial charge in [0.15, 0.2) is 0 Å². The highest BCUT2D eigenvalue weighted by molar-refractivity contribution is 5.32. The molecule has 0 saturated heterocycles. The van der Waals surface area contributed by atoms with E-state index in [-0.39, 0.29) is 12.1 Å². The molecule has 86 valence electrons. The third-order valence-corrected chi connectivity index (χ3v) is 2.90. The van der Waals surface area contributed by atoms with Crippen LogP contribution in [-0.2, 0) is 6.54 Å². The largest absolute Gasteiger partial charge is 0.394 e. The van der Waals surface area contributed by atoms with Crippen molar-refractivity contribution in [2.24, 2.45) is 0 Å². The highest BCUT2D eigenvalue weighted by Gasteiger charge is 2.22. The van der Waals surface area contributed by atoms with Crippen molar-refractivity contribution >= 4 is 0 Å². The fraction of sp³-hybridized carbons (Fsp3) is 0.462. The molecule has 0 atom stereocenters. The normalized spacial score (nSPS) is 11.5. The van der Waals surface area contributed by atoms with Gasteiger partial charge in [-0.15, -0.1) is 0 Å². The minimum absolute atomic E-state index is 0.113. The maximum Gasteiger partial charge on any atom is 0.0991 e. The van der Waals surface area contributed by atoms with Crippen molar-refractivity contribution in [2.45, 2.75) is 25.9 Å². The quantitative estimate of drug-likeness (QED) is 0.837. The summed E-state index contributed by atoms with van der Waals surface area (Å²) in [6.45, 7) is 4.81. The van der Waals surface area contributed by atoms with Crippen LogP contribution >= 0.6 is 0 Å². The van der Waals surface area contributed by atoms with E-state index in [0.717, 1.165) is 12.1 Å². The first-order valence-corrected chi connectivity index (χ1v) is 5.31. The second kappa shape index (κ2) is 5.11. The molecule has 0 aliphatic carbocycles. The van der Waals surface area contributed by atoms with Crippen LogP contribution in [0.3, 0.4) is 0 Å². The number of nitrogens with zero attached hydrogens (tertiary/aromatic N) is 2. The van der Waals surface area contributed by atoms with Crippen molar-refractivity contribution in [1.29, 1.82) is 5.26 Å². The number of hydrogen-bond donors (Lipinski definition) is 1. The highest BCUT2D eigenvalue weighted by atomic mass is 16.3. The lowest BCUT2D eigenvalue weighted by atomic mass is 10.0. The molecule has 0 aliphatic rings. The number of aliphatic hydroxyl groups excluding tert-OH is 1. The van der Waals surface area contributed by atoms with Gasteiger partial charge in [0.1, 0.15) is 0 Å². The lowest BCUT2D eigenvalue weighted by Crippen LogP contribution is -2.43. The Balaban J connectivity index is 2.77. The Kier molecular flexibility index (Phi) is 4.05. The van der Waals surface area contributed by atoms with Gasteiger partial charge in [0.2, 0.25) is 0 Å². The second-order valence-electron chi connectivity index (χ2n) is 4.64. The highest BCUT2D eigenvalue weighted by Crippen LogP contribution is 2.15. The van der Waals surface area contributed by atoms with Gasteiger partial charge in [0, 0.05) is 12.1 Å². The zero-order valence-electron chi connectivity index (χ0n) is 10.1. The minimum atomic E-state index is -0.247. The number of nitriles is 1. The van der Waals surface area contributed by atoms with Crippen LogP contribution in [0.25, 0.3) is 0 Å². The molecule has 0 amide bonds. The maximum atomic E-state index is 9.25. The molecule has 3 heteroatoms. The summed E-state index contributed by atoms with van der Waals surface area (Å²) >= 11 is 0. The summed E-state index contributed by atoms with van der Waals surface area (Å²) in [5.41, 5.74) is 1.51. The summed E-state index contributed by atoms with van der Waals surface area (Å²) in [5, 5.41) is 18.0. The first-order valence-electron chi connectivity index (χ1n) is 5.31. The van der Waals surface area contributed by atoms with Crippen LogP contribution in [0, 0.1) is 11.3 Å². The van der Waals surface area contributed by atoms with Gasteiger partial charge in [-0.3, -0.25) is 4.90 Å². The first-order chi connectivity index (χ1) is 7.49. The fourth-order valence-electron chi connectivity index (χ4n) is 1.35. The molecule has 0 saturated carbocycles. The number of benzene rings is 1. The van der Waals surface area contributed by atoms with E-state index >= 15 is 0 Å². The number of aliphatic hydroxyl groups is 1. The van der Waals surface area contributed by atoms with E-state index in [0.29, 0.717) is 5.56 Å². The average molecular weight is 218 g/mol. The van der Waals surface area contributed by atoms with Gasteiger partial charge in [-0.1, -0.05) is 12.1 Å². The summed E-state index contributed by atoms with van der Waals surface area (Å²) in [4.78, 5) is 2.07. The van der Waals surface area contributed by atoms with E-state index < -0.39 is 0 Å². The SMILES string of the molecule is CN(Cc1cccc(C#N)c1)C(C)(C)CO. The van der Waals surface area contributed by atoms with Crippen LogP contribution in [0.4, 0.5) is 0 Å². The molecule has 1 aromatic carbocycles. The third-order valence-electron chi connectivity index (χ3n) is 2.90. The summed E-state index contributed by atoms with van der Waals surface area (Å²) in [5.74, 6) is 0. The summed E-state index contributed by atoms with van der Waals surface area (Å²) in [6.07, 6.45) is 0. The molecule has 0 bridgehead atoms. The van der Waals surface area contributed by atoms with Gasteiger partial charge < -0.3 is 5.11 Å². The first kappa shape index (κ1) is 12.7. The van der Waals surface area contributed by atoms with E-state index in [1.54, 1.807) is 6.07 Å². The van der Waals surface area contributed by atoms with Gasteiger partial charge in [-0.05, 0) is 38.6 Å². The molecular formula is C13H18N2O. The van der Waals surface area contributed by atoms with Crippen LogP contribution in [0.5, 0.6) is 0 Å². The van der Waals surface area contributed by atoms with Crippen LogP contribution in [0.1, 0.15) is 25.0 Å². The van der Waals surface area contributed by atoms with E-state index in [1.807, 2.05) is 39.1 Å². The molecule has 0 radical (unpaired) electrons. The fourth-order valence-corrected chi connectivity index (χ4v) is 1.35. The van der Waals surface area contributed by atoms with Gasteiger partial charge in [-0.2, -0.15) is 5.26 Å². The monoisotopic (exact) mass is 218 g/mol. The Labute approximate surface area is 96.9 Å². The molecule has 0 aromatic heterocycles. The number of rotatable bonds is 4. The van der Waals surface area contributed by atoms with Crippen molar-refractivity contribution < 1.29 is 5.11 Å². The summed E-state index contributed by atoms with van der Waals surface area (Å²) in [6, 6.07) is 9.67. The lowest BCUT2D eigenvalue weighted by Gasteiger charge is -2.33. The number of hydrogen-bond acceptors (Lipinski definition) is 3. The predicted molar refractivity (Wildman–Crippen MR) is 63.8 cm³/mol. The van der Waals surface area contributed by atoms with Crippen LogP contribution in [0.15, 0.2) is 24.3 Å². The van der Waals surface area contributed by atoms with Gasteiger partial charge in [0.25, 0.3) is 0 Å². The molecule has 16 heavy (non-hydrogen) atoms. The van der Waals surface area contributed by atoms with Crippen molar-refractivity contribution in [3.8, 4) is 6.07 Å². The number of likely N-dealkylation sites (N-methyl/N-ethyl adjacent to an activating group) is 1. The third kappa shape index (κ3) is 3.06. The molecule has 0 heterocycles. The van der Waals surface area contributed by atoms with Crippen molar-refractivity contribution in [2.75, 3.05) is 13.7 Å². The molecule has 0 spiro atoms. The van der Waals surface area contributed by atoms with E-state index in [4.69, 9.17) is 5.26 Å². The zero-order chi connectivity index (χ0) is 12.2. The molecule has 1 aromatic rings. The Hall–Kier alpha value is -1.37. The van der Waals surface area contributed by atoms with Crippen LogP contribution in [-0.4, -0.2) is 29.2 Å². The van der Waals surface area contributed by atoms with Gasteiger partial charge in [0.05, 0.1) is 18.2 Å². The molecule has 0 unspecified atom stereocenters. The standard InChI is InChI=1S/C13H18N2O/c1-13(2,10-16)15(3)9-12-6-4-5-11(7-12)8-14/h4-7,16H,9-10H2,1-3H3. The second-order valence-corrected chi connectivity index (χ2v) is 4.64. The zero-order valence-corrected chi connectivity index (χ0v) is 10.1. The average Bonchev–Trinajstić information content (AvgIpc) is 2.29. The smallest absolute Gasteiger partial charge is 0.0991 e. The Morgan fingerprint density at radius 3 is 2.69 bits per heavy atom. The Morgan fingerprint density at radius 1 is 1.44 bits per heavy atom. The van der Waals surface area contributed by atoms with E-state index in [1.165, 1.54) is 0 Å². The molecule has 0 aliphatic heterocycles. The van der Waals surface area contributed by atoms with Crippen LogP contribution < -0.4 is 0 Å². The minimum Gasteiger partial charge on any atom is -0.394 e. The summed E-state index contributed by atoms with van der Waals surface area (Å²) in [7, 11) is 1.97. The molecular weight excluding hydrogens is 200 g/mol. The molecule has 1 N–H and O–H groups in total. The van der Waals surface area contributed by atoms with Crippen LogP contribution in [0.2, 0.25) is 0 Å². The van der Waals surface area contributed by atoms with Crippen molar-refractivity contribution in [1.82, 2.24) is 4.90 Å². The Bertz CT molecular complexity index is 393. The predicted octanol–water partition coefficient (Wildman–Crippen LogP) is 1.76. The lowest BCUT2D eigenvalue weighted by molar-refractivity contribution is 0.0734. The van der Waals surface area contributed by atoms with E-state index in [9.17, 15) is 5.11 Å².